The number of thioether (sulfide) groups is 1. The van der Waals surface area contributed by atoms with Crippen molar-refractivity contribution in [3.63, 3.8) is 0 Å². The molecule has 1 aromatic heterocycles. The first-order valence-electron chi connectivity index (χ1n) is 9.95. The molecule has 1 heterocycles. The molecule has 0 aliphatic heterocycles. The molecule has 0 spiro atoms. The molecular weight excluding hydrogens is 424 g/mol. The third-order valence-corrected chi connectivity index (χ3v) is 5.41. The van der Waals surface area contributed by atoms with Gasteiger partial charge in [-0.1, -0.05) is 54.2 Å². The molecule has 3 aromatic carbocycles. The van der Waals surface area contributed by atoms with Gasteiger partial charge in [0.15, 0.2) is 16.7 Å². The largest absolute Gasteiger partial charge is 0.493 e. The second kappa shape index (κ2) is 10.5. The van der Waals surface area contributed by atoms with Crippen LogP contribution in [-0.4, -0.2) is 35.0 Å². The fourth-order valence-corrected chi connectivity index (χ4v) is 3.64. The highest BCUT2D eigenvalue weighted by molar-refractivity contribution is 7.99. The van der Waals surface area contributed by atoms with E-state index in [-0.39, 0.29) is 11.7 Å². The van der Waals surface area contributed by atoms with Crippen molar-refractivity contribution in [1.82, 2.24) is 15.4 Å². The maximum atomic E-state index is 12.1. The van der Waals surface area contributed by atoms with Crippen LogP contribution in [0, 0.1) is 0 Å². The number of rotatable bonds is 9. The first-order valence-corrected chi connectivity index (χ1v) is 10.9. The third kappa shape index (κ3) is 5.67. The van der Waals surface area contributed by atoms with E-state index in [4.69, 9.17) is 9.47 Å². The molecule has 0 radical (unpaired) electrons. The lowest BCUT2D eigenvalue weighted by molar-refractivity contribution is -0.118. The van der Waals surface area contributed by atoms with E-state index in [2.05, 4.69) is 20.5 Å². The molecular formula is C24H22N4O3S. The number of carbonyl (C=O) groups excluding carboxylic acids is 1. The Balaban J connectivity index is 1.31. The quantitative estimate of drug-likeness (QED) is 0.226. The van der Waals surface area contributed by atoms with E-state index in [1.54, 1.807) is 19.4 Å². The number of hydrogen-bond acceptors (Lipinski definition) is 6. The van der Waals surface area contributed by atoms with Crippen LogP contribution in [0.2, 0.25) is 0 Å². The molecule has 0 saturated carbocycles. The summed E-state index contributed by atoms with van der Waals surface area (Å²) in [5, 5.41) is 4.74. The first-order chi connectivity index (χ1) is 15.7. The van der Waals surface area contributed by atoms with Gasteiger partial charge in [-0.15, -0.1) is 0 Å². The first kappa shape index (κ1) is 21.5. The van der Waals surface area contributed by atoms with Crippen LogP contribution in [0.5, 0.6) is 11.5 Å². The van der Waals surface area contributed by atoms with Gasteiger partial charge >= 0.3 is 0 Å². The minimum atomic E-state index is -0.222. The molecule has 1 amide bonds. The predicted octanol–water partition coefficient (Wildman–Crippen LogP) is 4.39. The lowest BCUT2D eigenvalue weighted by atomic mass is 10.2. The zero-order valence-corrected chi connectivity index (χ0v) is 18.3. The highest BCUT2D eigenvalue weighted by Gasteiger charge is 2.08. The molecule has 8 heteroatoms. The zero-order chi connectivity index (χ0) is 22.2. The monoisotopic (exact) mass is 446 g/mol. The van der Waals surface area contributed by atoms with Crippen molar-refractivity contribution < 1.29 is 14.3 Å². The smallest absolute Gasteiger partial charge is 0.250 e. The molecule has 4 aromatic rings. The van der Waals surface area contributed by atoms with Gasteiger partial charge < -0.3 is 14.5 Å². The number of amides is 1. The Morgan fingerprint density at radius 3 is 2.72 bits per heavy atom. The predicted molar refractivity (Wildman–Crippen MR) is 126 cm³/mol. The molecule has 0 aliphatic rings. The minimum absolute atomic E-state index is 0.200. The summed E-state index contributed by atoms with van der Waals surface area (Å²) in [6, 6.07) is 23.1. The average molecular weight is 447 g/mol. The van der Waals surface area contributed by atoms with Crippen molar-refractivity contribution in [3.05, 3.63) is 83.9 Å². The van der Waals surface area contributed by atoms with E-state index in [1.807, 2.05) is 66.7 Å². The van der Waals surface area contributed by atoms with E-state index in [1.165, 1.54) is 11.8 Å². The van der Waals surface area contributed by atoms with Gasteiger partial charge in [0.2, 0.25) is 0 Å². The van der Waals surface area contributed by atoms with Crippen molar-refractivity contribution in [2.45, 2.75) is 11.8 Å². The molecule has 0 unspecified atom stereocenters. The van der Waals surface area contributed by atoms with Crippen LogP contribution < -0.4 is 14.9 Å². The molecule has 0 saturated heterocycles. The van der Waals surface area contributed by atoms with Gasteiger partial charge in [-0.3, -0.25) is 4.79 Å². The van der Waals surface area contributed by atoms with Gasteiger partial charge in [-0.2, -0.15) is 5.10 Å². The van der Waals surface area contributed by atoms with Crippen LogP contribution in [0.1, 0.15) is 11.1 Å². The van der Waals surface area contributed by atoms with Crippen molar-refractivity contribution in [2.24, 2.45) is 5.10 Å². The Morgan fingerprint density at radius 2 is 1.91 bits per heavy atom. The van der Waals surface area contributed by atoms with Crippen molar-refractivity contribution in [3.8, 4) is 11.5 Å². The minimum Gasteiger partial charge on any atom is -0.493 e. The molecule has 7 nitrogen and oxygen atoms in total. The molecule has 0 fully saturated rings. The van der Waals surface area contributed by atoms with E-state index in [9.17, 15) is 4.79 Å². The number of aromatic nitrogens is 2. The molecule has 0 atom stereocenters. The number of hydrogen-bond donors (Lipinski definition) is 2. The molecule has 32 heavy (non-hydrogen) atoms. The SMILES string of the molecule is COc1ccc(C=NNC(=O)CSc2nc3ccccc3[nH]2)cc1OCc1ccccc1. The Kier molecular flexibility index (Phi) is 7.04. The fourth-order valence-electron chi connectivity index (χ4n) is 2.96. The lowest BCUT2D eigenvalue weighted by Gasteiger charge is -2.11. The number of hydrazone groups is 1. The number of imidazole rings is 1. The number of H-pyrrole nitrogens is 1. The number of aromatic amines is 1. The van der Waals surface area contributed by atoms with Gasteiger partial charge in [0.05, 0.1) is 30.1 Å². The molecule has 0 aliphatic carbocycles. The van der Waals surface area contributed by atoms with Gasteiger partial charge in [0.1, 0.15) is 6.61 Å². The summed E-state index contributed by atoms with van der Waals surface area (Å²) in [5.74, 6) is 1.21. The van der Waals surface area contributed by atoms with Crippen LogP contribution >= 0.6 is 11.8 Å². The summed E-state index contributed by atoms with van der Waals surface area (Å²) in [4.78, 5) is 19.7. The Morgan fingerprint density at radius 1 is 1.09 bits per heavy atom. The number of carbonyl (C=O) groups is 1. The highest BCUT2D eigenvalue weighted by atomic mass is 32.2. The molecule has 2 N–H and O–H groups in total. The maximum absolute atomic E-state index is 12.1. The van der Waals surface area contributed by atoms with E-state index >= 15 is 0 Å². The number of fused-ring (bicyclic) bond motifs is 1. The highest BCUT2D eigenvalue weighted by Crippen LogP contribution is 2.28. The van der Waals surface area contributed by atoms with Crippen molar-refractivity contribution in [1.29, 1.82) is 0 Å². The van der Waals surface area contributed by atoms with E-state index in [0.29, 0.717) is 23.3 Å². The Bertz CT molecular complexity index is 1190. The topological polar surface area (TPSA) is 88.6 Å². The summed E-state index contributed by atoms with van der Waals surface area (Å²) in [5.41, 5.74) is 6.19. The van der Waals surface area contributed by atoms with Gasteiger partial charge in [0.25, 0.3) is 5.91 Å². The molecule has 4 rings (SSSR count). The van der Waals surface area contributed by atoms with Gasteiger partial charge in [-0.05, 0) is 41.5 Å². The number of methoxy groups -OCH3 is 1. The summed E-state index contributed by atoms with van der Waals surface area (Å²) >= 11 is 1.32. The number of ether oxygens (including phenoxy) is 2. The van der Waals surface area contributed by atoms with Crippen molar-refractivity contribution >= 4 is 34.9 Å². The standard InChI is InChI=1S/C24H22N4O3S/c1-30-21-12-11-18(13-22(21)31-15-17-7-3-2-4-8-17)14-25-28-23(29)16-32-24-26-19-9-5-6-10-20(19)27-24/h2-14H,15-16H2,1H3,(H,26,27)(H,28,29). The van der Waals surface area contributed by atoms with Crippen LogP contribution in [-0.2, 0) is 11.4 Å². The summed E-state index contributed by atoms with van der Waals surface area (Å²) in [6.45, 7) is 0.424. The van der Waals surface area contributed by atoms with Gasteiger partial charge in [-0.25, -0.2) is 10.4 Å². The number of nitrogens with zero attached hydrogens (tertiary/aromatic N) is 2. The average Bonchev–Trinajstić information content (AvgIpc) is 3.25. The molecule has 162 valence electrons. The maximum Gasteiger partial charge on any atom is 0.250 e. The van der Waals surface area contributed by atoms with Crippen LogP contribution in [0.15, 0.2) is 83.1 Å². The Hall–Kier alpha value is -3.78. The van der Waals surface area contributed by atoms with Crippen LogP contribution in [0.4, 0.5) is 0 Å². The lowest BCUT2D eigenvalue weighted by Crippen LogP contribution is -2.19. The number of nitrogens with one attached hydrogen (secondary N) is 2. The van der Waals surface area contributed by atoms with Gasteiger partial charge in [0, 0.05) is 0 Å². The fraction of sp³-hybridized carbons (Fsp3) is 0.125. The van der Waals surface area contributed by atoms with E-state index < -0.39 is 0 Å². The zero-order valence-electron chi connectivity index (χ0n) is 17.4. The van der Waals surface area contributed by atoms with Crippen LogP contribution in [0.3, 0.4) is 0 Å². The van der Waals surface area contributed by atoms with Crippen LogP contribution in [0.25, 0.3) is 11.0 Å². The molecule has 0 bridgehead atoms. The van der Waals surface area contributed by atoms with E-state index in [0.717, 1.165) is 22.2 Å². The second-order valence-electron chi connectivity index (χ2n) is 6.83. The normalized spacial score (nSPS) is 11.0. The number of benzene rings is 3. The van der Waals surface area contributed by atoms with Crippen molar-refractivity contribution in [2.75, 3.05) is 12.9 Å². The number of para-hydroxylation sites is 2. The summed E-state index contributed by atoms with van der Waals surface area (Å²) in [6.07, 6.45) is 1.57. The third-order valence-electron chi connectivity index (χ3n) is 4.54. The summed E-state index contributed by atoms with van der Waals surface area (Å²) in [7, 11) is 1.60. The Labute approximate surface area is 189 Å². The summed E-state index contributed by atoms with van der Waals surface area (Å²) < 4.78 is 11.3. The second-order valence-corrected chi connectivity index (χ2v) is 7.79.